The van der Waals surface area contributed by atoms with Crippen LogP contribution >= 0.6 is 0 Å². The molecule has 2 aromatic carbocycles. The first-order valence-corrected chi connectivity index (χ1v) is 10.1. The van der Waals surface area contributed by atoms with E-state index < -0.39 is 0 Å². The molecule has 3 nitrogen and oxygen atoms in total. The third-order valence-electron chi connectivity index (χ3n) is 6.51. The molecule has 5 rings (SSSR count). The van der Waals surface area contributed by atoms with Crippen molar-refractivity contribution in [2.75, 3.05) is 0 Å². The topological polar surface area (TPSA) is 34.9 Å². The molecule has 0 N–H and O–H groups in total. The van der Waals surface area contributed by atoms with Gasteiger partial charge in [-0.05, 0) is 43.2 Å². The number of imidazole rings is 1. The molecule has 2 aliphatic rings. The van der Waals surface area contributed by atoms with Gasteiger partial charge in [0.1, 0.15) is 11.6 Å². The molecule has 0 saturated heterocycles. The van der Waals surface area contributed by atoms with Crippen LogP contribution in [0.25, 0.3) is 11.3 Å². The molecule has 0 bridgehead atoms. The summed E-state index contributed by atoms with van der Waals surface area (Å²) < 4.78 is 16.5. The maximum Gasteiger partial charge on any atom is 0.138 e. The van der Waals surface area contributed by atoms with Crippen molar-refractivity contribution in [1.82, 2.24) is 9.55 Å². The lowest BCUT2D eigenvalue weighted by molar-refractivity contribution is -0.124. The monoisotopic (exact) mass is 374 g/mol. The molecule has 0 amide bonds. The fourth-order valence-corrected chi connectivity index (χ4v) is 5.03. The molecule has 1 aliphatic carbocycles. The summed E-state index contributed by atoms with van der Waals surface area (Å²) in [6, 6.07) is 15.4. The van der Waals surface area contributed by atoms with Gasteiger partial charge in [0.15, 0.2) is 0 Å². The highest BCUT2D eigenvalue weighted by Crippen LogP contribution is 2.44. The Balaban J connectivity index is 1.31. The fourth-order valence-electron chi connectivity index (χ4n) is 5.03. The van der Waals surface area contributed by atoms with E-state index in [4.69, 9.17) is 0 Å². The fraction of sp³-hybridized carbons (Fsp3) is 0.333. The number of rotatable bonds is 4. The lowest BCUT2D eigenvalue weighted by atomic mass is 9.76. The van der Waals surface area contributed by atoms with Gasteiger partial charge in [-0.15, -0.1) is 0 Å². The van der Waals surface area contributed by atoms with Gasteiger partial charge in [-0.25, -0.2) is 9.37 Å². The van der Waals surface area contributed by atoms with Gasteiger partial charge in [-0.2, -0.15) is 0 Å². The van der Waals surface area contributed by atoms with E-state index in [-0.39, 0.29) is 23.6 Å². The predicted octanol–water partition coefficient (Wildman–Crippen LogP) is 5.53. The van der Waals surface area contributed by atoms with Crippen LogP contribution in [-0.2, 0) is 4.79 Å². The summed E-state index contributed by atoms with van der Waals surface area (Å²) in [4.78, 5) is 17.3. The number of carbonyl (C=O) groups is 1. The molecule has 1 aliphatic heterocycles. The number of Topliss-reactive ketones (excluding diaryl/α,β-unsaturated/α-hetero) is 1. The van der Waals surface area contributed by atoms with Crippen molar-refractivity contribution in [3.8, 4) is 11.3 Å². The van der Waals surface area contributed by atoms with Crippen molar-refractivity contribution >= 4 is 5.78 Å². The second kappa shape index (κ2) is 7.01. The number of nitrogens with zero attached hydrogens (tertiary/aromatic N) is 2. The predicted molar refractivity (Wildman–Crippen MR) is 107 cm³/mol. The van der Waals surface area contributed by atoms with Gasteiger partial charge in [0.2, 0.25) is 0 Å². The van der Waals surface area contributed by atoms with E-state index in [1.165, 1.54) is 11.6 Å². The van der Waals surface area contributed by atoms with Crippen LogP contribution in [0.15, 0.2) is 61.1 Å². The minimum absolute atomic E-state index is 0.0859. The second-order valence-corrected chi connectivity index (χ2v) is 8.03. The van der Waals surface area contributed by atoms with Crippen molar-refractivity contribution in [3.05, 3.63) is 78.0 Å². The lowest BCUT2D eigenvalue weighted by Gasteiger charge is -2.29. The summed E-state index contributed by atoms with van der Waals surface area (Å²) in [6.07, 6.45) is 7.77. The third kappa shape index (κ3) is 2.88. The van der Waals surface area contributed by atoms with Gasteiger partial charge in [-0.3, -0.25) is 4.79 Å². The number of aromatic nitrogens is 2. The number of fused-ring (bicyclic) bond motifs is 3. The zero-order chi connectivity index (χ0) is 19.1. The minimum Gasteiger partial charge on any atom is -0.322 e. The van der Waals surface area contributed by atoms with Crippen LogP contribution in [-0.4, -0.2) is 15.3 Å². The molecule has 1 saturated carbocycles. The average molecular weight is 374 g/mol. The molecular formula is C24H23FN2O. The molecule has 0 radical (unpaired) electrons. The van der Waals surface area contributed by atoms with E-state index in [1.54, 1.807) is 18.6 Å². The van der Waals surface area contributed by atoms with Gasteiger partial charge in [0.25, 0.3) is 0 Å². The molecule has 1 atom stereocenters. The third-order valence-corrected chi connectivity index (χ3v) is 6.51. The van der Waals surface area contributed by atoms with E-state index in [9.17, 15) is 9.18 Å². The molecular weight excluding hydrogens is 351 g/mol. The van der Waals surface area contributed by atoms with E-state index >= 15 is 0 Å². The highest BCUT2D eigenvalue weighted by Gasteiger charge is 2.35. The zero-order valence-corrected chi connectivity index (χ0v) is 15.7. The Hall–Kier alpha value is -2.75. The Morgan fingerprint density at radius 3 is 2.61 bits per heavy atom. The summed E-state index contributed by atoms with van der Waals surface area (Å²) in [6.45, 7) is 0. The summed E-state index contributed by atoms with van der Waals surface area (Å²) >= 11 is 0. The second-order valence-electron chi connectivity index (χ2n) is 8.03. The molecule has 142 valence electrons. The molecule has 1 aromatic heterocycles. The smallest absolute Gasteiger partial charge is 0.138 e. The Bertz CT molecular complexity index is 1000. The van der Waals surface area contributed by atoms with Crippen LogP contribution in [0.5, 0.6) is 0 Å². The van der Waals surface area contributed by atoms with Crippen molar-refractivity contribution in [2.24, 2.45) is 5.92 Å². The van der Waals surface area contributed by atoms with Crippen LogP contribution in [0.2, 0.25) is 0 Å². The van der Waals surface area contributed by atoms with Crippen LogP contribution < -0.4 is 0 Å². The number of hydrogen-bond acceptors (Lipinski definition) is 2. The highest BCUT2D eigenvalue weighted by atomic mass is 19.1. The van der Waals surface area contributed by atoms with Crippen molar-refractivity contribution in [2.45, 2.75) is 44.1 Å². The Kier molecular flexibility index (Phi) is 4.34. The number of carbonyl (C=O) groups excluding carboxylic acids is 1. The Morgan fingerprint density at radius 1 is 1.04 bits per heavy atom. The molecule has 28 heavy (non-hydrogen) atoms. The van der Waals surface area contributed by atoms with Crippen LogP contribution in [0.1, 0.15) is 55.2 Å². The van der Waals surface area contributed by atoms with Crippen molar-refractivity contribution in [3.63, 3.8) is 0 Å². The van der Waals surface area contributed by atoms with Gasteiger partial charge < -0.3 is 4.57 Å². The van der Waals surface area contributed by atoms with E-state index in [2.05, 4.69) is 29.2 Å². The van der Waals surface area contributed by atoms with Crippen LogP contribution in [0, 0.1) is 11.7 Å². The maximum atomic E-state index is 14.6. The Labute approximate surface area is 164 Å². The molecule has 1 unspecified atom stereocenters. The molecule has 1 fully saturated rings. The van der Waals surface area contributed by atoms with E-state index in [1.807, 2.05) is 16.7 Å². The summed E-state index contributed by atoms with van der Waals surface area (Å²) in [7, 11) is 0. The number of halogens is 1. The maximum absolute atomic E-state index is 14.6. The first kappa shape index (κ1) is 17.4. The van der Waals surface area contributed by atoms with Crippen molar-refractivity contribution in [1.29, 1.82) is 0 Å². The van der Waals surface area contributed by atoms with E-state index in [0.717, 1.165) is 36.9 Å². The summed E-state index contributed by atoms with van der Waals surface area (Å²) in [5.74, 6) is 0.664. The molecule has 4 heteroatoms. The molecule has 2 heterocycles. The number of ketones is 1. The van der Waals surface area contributed by atoms with Gasteiger partial charge in [-0.1, -0.05) is 42.5 Å². The Morgan fingerprint density at radius 2 is 1.82 bits per heavy atom. The van der Waals surface area contributed by atoms with Gasteiger partial charge in [0.05, 0.1) is 24.3 Å². The SMILES string of the molecule is O=C(CC1c2c(F)cccc2-c2cncn21)C1CCC(c2ccccc2)CC1. The number of benzene rings is 2. The van der Waals surface area contributed by atoms with Crippen molar-refractivity contribution < 1.29 is 9.18 Å². The number of hydrogen-bond donors (Lipinski definition) is 0. The normalized spacial score (nSPS) is 23.2. The zero-order valence-electron chi connectivity index (χ0n) is 15.7. The van der Waals surface area contributed by atoms with Crippen LogP contribution in [0.4, 0.5) is 4.39 Å². The lowest BCUT2D eigenvalue weighted by Crippen LogP contribution is -2.24. The van der Waals surface area contributed by atoms with Gasteiger partial charge in [0, 0.05) is 23.5 Å². The first-order valence-electron chi connectivity index (χ1n) is 10.1. The van der Waals surface area contributed by atoms with Crippen LogP contribution in [0.3, 0.4) is 0 Å². The quantitative estimate of drug-likeness (QED) is 0.602. The minimum atomic E-state index is -0.270. The molecule has 3 aromatic rings. The summed E-state index contributed by atoms with van der Waals surface area (Å²) in [5.41, 5.74) is 3.79. The van der Waals surface area contributed by atoms with E-state index in [0.29, 0.717) is 17.9 Å². The summed E-state index contributed by atoms with van der Waals surface area (Å²) in [5, 5.41) is 0. The average Bonchev–Trinajstić information content (AvgIpc) is 3.32. The first-order chi connectivity index (χ1) is 13.7. The highest BCUT2D eigenvalue weighted by molar-refractivity contribution is 5.83. The van der Waals surface area contributed by atoms with Gasteiger partial charge >= 0.3 is 0 Å². The largest absolute Gasteiger partial charge is 0.322 e. The molecule has 0 spiro atoms. The standard InChI is InChI=1S/C24H23FN2O/c25-20-8-4-7-19-22-14-26-15-27(22)21(24(19)20)13-23(28)18-11-9-17(10-12-18)16-5-2-1-3-6-16/h1-8,14-15,17-18,21H,9-13H2.